The SMILES string of the molecule is CC12C=CC=NC1NCNC2. The number of nitrogens with one attached hydrogen (secondary N) is 2. The van der Waals surface area contributed by atoms with E-state index in [4.69, 9.17) is 0 Å². The van der Waals surface area contributed by atoms with E-state index in [-0.39, 0.29) is 11.6 Å². The summed E-state index contributed by atoms with van der Waals surface area (Å²) in [6.07, 6.45) is 6.37. The van der Waals surface area contributed by atoms with Crippen molar-refractivity contribution in [3.05, 3.63) is 12.2 Å². The Labute approximate surface area is 66.6 Å². The van der Waals surface area contributed by atoms with Crippen molar-refractivity contribution in [2.45, 2.75) is 13.1 Å². The maximum Gasteiger partial charge on any atom is 0.110 e. The Hall–Kier alpha value is -0.670. The Morgan fingerprint density at radius 2 is 2.55 bits per heavy atom. The van der Waals surface area contributed by atoms with Crippen LogP contribution in [0.15, 0.2) is 17.1 Å². The molecule has 1 fully saturated rings. The number of rotatable bonds is 0. The molecule has 2 atom stereocenters. The fourth-order valence-electron chi connectivity index (χ4n) is 1.60. The second-order valence-corrected chi connectivity index (χ2v) is 3.37. The summed E-state index contributed by atoms with van der Waals surface area (Å²) in [4.78, 5) is 4.36. The molecular formula is C8H13N3. The Morgan fingerprint density at radius 3 is 3.36 bits per heavy atom. The first-order valence-electron chi connectivity index (χ1n) is 3.96. The first-order chi connectivity index (χ1) is 5.31. The van der Waals surface area contributed by atoms with Crippen LogP contribution in [0.2, 0.25) is 0 Å². The molecule has 2 N–H and O–H groups in total. The topological polar surface area (TPSA) is 36.4 Å². The van der Waals surface area contributed by atoms with Gasteiger partial charge in [-0.25, -0.2) is 0 Å². The van der Waals surface area contributed by atoms with Gasteiger partial charge in [0.15, 0.2) is 0 Å². The van der Waals surface area contributed by atoms with Crippen LogP contribution in [0.1, 0.15) is 6.92 Å². The summed E-state index contributed by atoms with van der Waals surface area (Å²) in [5.74, 6) is 0. The van der Waals surface area contributed by atoms with Crippen molar-refractivity contribution in [1.29, 1.82) is 0 Å². The Balaban J connectivity index is 2.22. The molecule has 3 nitrogen and oxygen atoms in total. The fourth-order valence-corrected chi connectivity index (χ4v) is 1.60. The van der Waals surface area contributed by atoms with Crippen molar-refractivity contribution in [3.8, 4) is 0 Å². The van der Waals surface area contributed by atoms with E-state index in [1.165, 1.54) is 0 Å². The van der Waals surface area contributed by atoms with E-state index in [1.807, 2.05) is 12.3 Å². The minimum Gasteiger partial charge on any atom is -0.303 e. The molecule has 1 saturated heterocycles. The van der Waals surface area contributed by atoms with Gasteiger partial charge in [0.2, 0.25) is 0 Å². The molecule has 0 aromatic rings. The fraction of sp³-hybridized carbons (Fsp3) is 0.625. The highest BCUT2D eigenvalue weighted by Crippen LogP contribution is 2.27. The summed E-state index contributed by atoms with van der Waals surface area (Å²) in [5.41, 5.74) is 0.174. The maximum absolute atomic E-state index is 4.36. The lowest BCUT2D eigenvalue weighted by atomic mass is 9.84. The summed E-state index contributed by atoms with van der Waals surface area (Å²) in [6, 6.07) is 0. The summed E-state index contributed by atoms with van der Waals surface area (Å²) >= 11 is 0. The van der Waals surface area contributed by atoms with E-state index >= 15 is 0 Å². The zero-order valence-electron chi connectivity index (χ0n) is 6.67. The smallest absolute Gasteiger partial charge is 0.110 e. The van der Waals surface area contributed by atoms with E-state index in [1.54, 1.807) is 0 Å². The molecule has 0 aromatic carbocycles. The zero-order chi connectivity index (χ0) is 7.73. The average molecular weight is 151 g/mol. The molecule has 2 rings (SSSR count). The van der Waals surface area contributed by atoms with Crippen molar-refractivity contribution in [2.24, 2.45) is 10.4 Å². The third-order valence-corrected chi connectivity index (χ3v) is 2.35. The molecule has 0 radical (unpaired) electrons. The molecule has 0 bridgehead atoms. The first kappa shape index (κ1) is 7.00. The van der Waals surface area contributed by atoms with Gasteiger partial charge in [0.05, 0.1) is 0 Å². The predicted octanol–water partition coefficient (Wildman–Crippen LogP) is 0.110. The van der Waals surface area contributed by atoms with Crippen molar-refractivity contribution in [1.82, 2.24) is 10.6 Å². The molecular weight excluding hydrogens is 138 g/mol. The maximum atomic E-state index is 4.36. The Morgan fingerprint density at radius 1 is 1.64 bits per heavy atom. The van der Waals surface area contributed by atoms with Crippen LogP contribution in [0.4, 0.5) is 0 Å². The molecule has 0 aliphatic carbocycles. The third-order valence-electron chi connectivity index (χ3n) is 2.35. The molecule has 3 heteroatoms. The van der Waals surface area contributed by atoms with Crippen molar-refractivity contribution >= 4 is 6.21 Å². The lowest BCUT2D eigenvalue weighted by Crippen LogP contribution is -2.56. The third kappa shape index (κ3) is 1.10. The highest BCUT2D eigenvalue weighted by atomic mass is 15.2. The van der Waals surface area contributed by atoms with Crippen molar-refractivity contribution in [3.63, 3.8) is 0 Å². The van der Waals surface area contributed by atoms with Crippen molar-refractivity contribution < 1.29 is 0 Å². The molecule has 2 aliphatic heterocycles. The van der Waals surface area contributed by atoms with Gasteiger partial charge in [0, 0.05) is 24.8 Å². The van der Waals surface area contributed by atoms with Gasteiger partial charge in [-0.3, -0.25) is 10.3 Å². The van der Waals surface area contributed by atoms with Crippen LogP contribution < -0.4 is 10.6 Å². The molecule has 0 saturated carbocycles. The summed E-state index contributed by atoms with van der Waals surface area (Å²) in [7, 11) is 0. The Bertz CT molecular complexity index is 209. The van der Waals surface area contributed by atoms with Crippen LogP contribution in [0.3, 0.4) is 0 Å². The first-order valence-corrected chi connectivity index (χ1v) is 3.96. The van der Waals surface area contributed by atoms with E-state index in [2.05, 4.69) is 28.6 Å². The minimum atomic E-state index is 0.174. The zero-order valence-corrected chi connectivity index (χ0v) is 6.67. The van der Waals surface area contributed by atoms with Crippen molar-refractivity contribution in [2.75, 3.05) is 13.2 Å². The van der Waals surface area contributed by atoms with Gasteiger partial charge in [-0.05, 0) is 6.08 Å². The lowest BCUT2D eigenvalue weighted by Gasteiger charge is -2.39. The summed E-state index contributed by atoms with van der Waals surface area (Å²) in [5, 5.41) is 6.59. The van der Waals surface area contributed by atoms with Gasteiger partial charge in [-0.1, -0.05) is 13.0 Å². The Kier molecular flexibility index (Phi) is 1.55. The van der Waals surface area contributed by atoms with Gasteiger partial charge in [-0.15, -0.1) is 0 Å². The largest absolute Gasteiger partial charge is 0.303 e. The number of fused-ring (bicyclic) bond motifs is 1. The number of nitrogens with zero attached hydrogens (tertiary/aromatic N) is 1. The average Bonchev–Trinajstić information content (AvgIpc) is 2.03. The molecule has 0 spiro atoms. The molecule has 11 heavy (non-hydrogen) atoms. The van der Waals surface area contributed by atoms with E-state index in [9.17, 15) is 0 Å². The number of aliphatic imine (C=N–C) groups is 1. The normalized spacial score (nSPS) is 42.1. The van der Waals surface area contributed by atoms with E-state index in [0.717, 1.165) is 13.2 Å². The number of allylic oxidation sites excluding steroid dienone is 1. The highest BCUT2D eigenvalue weighted by Gasteiger charge is 2.34. The molecule has 2 unspecified atom stereocenters. The van der Waals surface area contributed by atoms with Crippen LogP contribution in [0.5, 0.6) is 0 Å². The monoisotopic (exact) mass is 151 g/mol. The van der Waals surface area contributed by atoms with Crippen LogP contribution in [0.25, 0.3) is 0 Å². The molecule has 60 valence electrons. The molecule has 0 aromatic heterocycles. The summed E-state index contributed by atoms with van der Waals surface area (Å²) in [6.45, 7) is 4.09. The standard InChI is InChI=1S/C8H13N3/c1-8-3-2-4-10-7(8)11-6-9-5-8/h2-4,7,9,11H,5-6H2,1H3. The predicted molar refractivity (Wildman–Crippen MR) is 45.5 cm³/mol. The van der Waals surface area contributed by atoms with Gasteiger partial charge >= 0.3 is 0 Å². The van der Waals surface area contributed by atoms with Crippen LogP contribution in [-0.2, 0) is 0 Å². The number of hydrogen-bond donors (Lipinski definition) is 2. The second kappa shape index (κ2) is 2.43. The number of dihydropyridines is 1. The summed E-state index contributed by atoms with van der Waals surface area (Å²) < 4.78 is 0. The highest BCUT2D eigenvalue weighted by molar-refractivity contribution is 5.72. The van der Waals surface area contributed by atoms with E-state index < -0.39 is 0 Å². The lowest BCUT2D eigenvalue weighted by molar-refractivity contribution is 0.223. The number of hydrogen-bond acceptors (Lipinski definition) is 3. The second-order valence-electron chi connectivity index (χ2n) is 3.37. The van der Waals surface area contributed by atoms with Gasteiger partial charge < -0.3 is 5.32 Å². The van der Waals surface area contributed by atoms with Crippen LogP contribution in [0, 0.1) is 5.41 Å². The molecule has 0 amide bonds. The van der Waals surface area contributed by atoms with Gasteiger partial charge in [-0.2, -0.15) is 0 Å². The minimum absolute atomic E-state index is 0.174. The quantitative estimate of drug-likeness (QED) is 0.515. The van der Waals surface area contributed by atoms with E-state index in [0.29, 0.717) is 0 Å². The molecule has 2 aliphatic rings. The van der Waals surface area contributed by atoms with Crippen LogP contribution >= 0.6 is 0 Å². The van der Waals surface area contributed by atoms with Gasteiger partial charge in [0.25, 0.3) is 0 Å². The van der Waals surface area contributed by atoms with Crippen LogP contribution in [-0.4, -0.2) is 25.6 Å². The molecule has 2 heterocycles. The van der Waals surface area contributed by atoms with Gasteiger partial charge in [0.1, 0.15) is 6.17 Å².